The predicted octanol–water partition coefficient (Wildman–Crippen LogP) is 2.77. The molecule has 7 heteroatoms. The van der Waals surface area contributed by atoms with Crippen LogP contribution in [-0.2, 0) is 9.09 Å². The van der Waals surface area contributed by atoms with E-state index in [-0.39, 0.29) is 5.56 Å². The topological polar surface area (TPSA) is 93.1 Å². The number of Topliss-reactive ketones (excluding diaryl/α,β-unsaturated/α-hetero) is 1. The fourth-order valence-electron chi connectivity index (χ4n) is 1.56. The predicted molar refractivity (Wildman–Crippen MR) is 75.3 cm³/mol. The van der Waals surface area contributed by atoms with Gasteiger partial charge < -0.3 is 14.5 Å². The van der Waals surface area contributed by atoms with Crippen molar-refractivity contribution in [3.05, 3.63) is 60.2 Å². The number of carbonyl (C=O) groups excluding carboxylic acids is 1. The molecule has 0 aliphatic carbocycles. The first-order valence-corrected chi connectivity index (χ1v) is 7.53. The molecule has 0 atom stereocenters. The molecule has 21 heavy (non-hydrogen) atoms. The van der Waals surface area contributed by atoms with Crippen molar-refractivity contribution in [2.24, 2.45) is 0 Å². The number of rotatable bonds is 6. The average molecular weight is 308 g/mol. The normalized spacial score (nSPS) is 11.1. The number of hydrogen-bond acceptors (Lipinski definition) is 4. The van der Waals surface area contributed by atoms with Gasteiger partial charge in [-0.2, -0.15) is 0 Å². The van der Waals surface area contributed by atoms with Gasteiger partial charge >= 0.3 is 7.82 Å². The van der Waals surface area contributed by atoms with Gasteiger partial charge in [-0.3, -0.25) is 9.32 Å². The number of carbonyl (C=O) groups is 1. The van der Waals surface area contributed by atoms with Crippen LogP contribution in [0.25, 0.3) is 0 Å². The Balaban J connectivity index is 1.98. The van der Waals surface area contributed by atoms with Crippen molar-refractivity contribution in [2.75, 3.05) is 6.61 Å². The minimum absolute atomic E-state index is 0.281. The summed E-state index contributed by atoms with van der Waals surface area (Å²) in [5.41, 5.74) is 0.281. The quantitative estimate of drug-likeness (QED) is 0.629. The van der Waals surface area contributed by atoms with Crippen LogP contribution in [0.1, 0.15) is 10.4 Å². The lowest BCUT2D eigenvalue weighted by Crippen LogP contribution is -2.07. The van der Waals surface area contributed by atoms with E-state index in [0.29, 0.717) is 11.5 Å². The molecule has 2 aromatic carbocycles. The number of benzene rings is 2. The number of ether oxygens (including phenoxy) is 1. The third kappa shape index (κ3) is 5.13. The molecule has 110 valence electrons. The van der Waals surface area contributed by atoms with E-state index in [0.717, 1.165) is 0 Å². The summed E-state index contributed by atoms with van der Waals surface area (Å²) >= 11 is 0. The summed E-state index contributed by atoms with van der Waals surface area (Å²) in [6.45, 7) is -0.677. The second-order valence-electron chi connectivity index (χ2n) is 4.13. The van der Waals surface area contributed by atoms with Crippen molar-refractivity contribution in [1.82, 2.24) is 0 Å². The second-order valence-corrected chi connectivity index (χ2v) is 5.37. The molecule has 6 nitrogen and oxygen atoms in total. The molecule has 0 fully saturated rings. The van der Waals surface area contributed by atoms with Gasteiger partial charge in [0.25, 0.3) is 0 Å². The van der Waals surface area contributed by atoms with Gasteiger partial charge in [-0.15, -0.1) is 0 Å². The minimum atomic E-state index is -4.64. The second kappa shape index (κ2) is 6.65. The zero-order valence-electron chi connectivity index (χ0n) is 10.9. The average Bonchev–Trinajstić information content (AvgIpc) is 2.46. The SMILES string of the molecule is O=C(COP(=O)(O)O)c1ccc(Oc2ccccc2)cc1. The Hall–Kier alpha value is -1.98. The Morgan fingerprint density at radius 3 is 2.10 bits per heavy atom. The van der Waals surface area contributed by atoms with Crippen molar-refractivity contribution >= 4 is 13.6 Å². The Labute approximate surface area is 121 Å². The van der Waals surface area contributed by atoms with Gasteiger partial charge in [0.1, 0.15) is 18.1 Å². The molecule has 2 rings (SSSR count). The van der Waals surface area contributed by atoms with E-state index in [2.05, 4.69) is 4.52 Å². The van der Waals surface area contributed by atoms with Gasteiger partial charge in [0.05, 0.1) is 0 Å². The van der Waals surface area contributed by atoms with E-state index < -0.39 is 20.2 Å². The molecule has 0 radical (unpaired) electrons. The lowest BCUT2D eigenvalue weighted by Gasteiger charge is -2.07. The highest BCUT2D eigenvalue weighted by Crippen LogP contribution is 2.35. The summed E-state index contributed by atoms with van der Waals surface area (Å²) < 4.78 is 20.2. The number of para-hydroxylation sites is 1. The molecule has 0 saturated heterocycles. The maximum atomic E-state index is 11.7. The number of phosphoric ester groups is 1. The zero-order chi connectivity index (χ0) is 15.3. The summed E-state index contributed by atoms with van der Waals surface area (Å²) in [5, 5.41) is 0. The van der Waals surface area contributed by atoms with Crippen LogP contribution in [0.15, 0.2) is 54.6 Å². The van der Waals surface area contributed by atoms with Gasteiger partial charge in [-0.05, 0) is 36.4 Å². The molecule has 2 N–H and O–H groups in total. The Kier molecular flexibility index (Phi) is 4.88. The lowest BCUT2D eigenvalue weighted by molar-refractivity contribution is 0.0884. The third-order valence-corrected chi connectivity index (χ3v) is 2.98. The zero-order valence-corrected chi connectivity index (χ0v) is 11.8. The molecular weight excluding hydrogens is 295 g/mol. The van der Waals surface area contributed by atoms with Crippen molar-refractivity contribution in [3.63, 3.8) is 0 Å². The summed E-state index contributed by atoms with van der Waals surface area (Å²) in [5.74, 6) is 0.694. The van der Waals surface area contributed by atoms with Crippen molar-refractivity contribution in [2.45, 2.75) is 0 Å². The fourth-order valence-corrected chi connectivity index (χ4v) is 1.84. The molecule has 0 saturated carbocycles. The Bertz CT molecular complexity index is 647. The number of ketones is 1. The van der Waals surface area contributed by atoms with Gasteiger partial charge in [-0.25, -0.2) is 4.57 Å². The van der Waals surface area contributed by atoms with Crippen molar-refractivity contribution in [3.8, 4) is 11.5 Å². The first-order chi connectivity index (χ1) is 9.94. The van der Waals surface area contributed by atoms with Gasteiger partial charge in [0.15, 0.2) is 5.78 Å². The van der Waals surface area contributed by atoms with E-state index in [9.17, 15) is 9.36 Å². The monoisotopic (exact) mass is 308 g/mol. The van der Waals surface area contributed by atoms with Crippen LogP contribution < -0.4 is 4.74 Å². The highest BCUT2D eigenvalue weighted by Gasteiger charge is 2.17. The summed E-state index contributed by atoms with van der Waals surface area (Å²) in [7, 11) is -4.64. The smallest absolute Gasteiger partial charge is 0.457 e. The first kappa shape index (κ1) is 15.4. The molecule has 0 spiro atoms. The Morgan fingerprint density at radius 2 is 1.52 bits per heavy atom. The van der Waals surface area contributed by atoms with Gasteiger partial charge in [-0.1, -0.05) is 18.2 Å². The van der Waals surface area contributed by atoms with Crippen LogP contribution in [0.4, 0.5) is 0 Å². The van der Waals surface area contributed by atoms with Crippen LogP contribution in [0.5, 0.6) is 11.5 Å². The van der Waals surface area contributed by atoms with E-state index in [1.54, 1.807) is 24.3 Å². The maximum absolute atomic E-state index is 11.7. The highest BCUT2D eigenvalue weighted by molar-refractivity contribution is 7.46. The van der Waals surface area contributed by atoms with Gasteiger partial charge in [0.2, 0.25) is 0 Å². The van der Waals surface area contributed by atoms with Crippen molar-refractivity contribution < 1.29 is 28.4 Å². The molecule has 0 aromatic heterocycles. The van der Waals surface area contributed by atoms with Crippen LogP contribution in [0.3, 0.4) is 0 Å². The molecule has 2 aromatic rings. The largest absolute Gasteiger partial charge is 0.470 e. The highest BCUT2D eigenvalue weighted by atomic mass is 31.2. The molecule has 0 bridgehead atoms. The summed E-state index contributed by atoms with van der Waals surface area (Å²) in [6, 6.07) is 15.3. The van der Waals surface area contributed by atoms with E-state index in [1.807, 2.05) is 18.2 Å². The molecule has 0 unspecified atom stereocenters. The van der Waals surface area contributed by atoms with Crippen LogP contribution in [-0.4, -0.2) is 22.2 Å². The fraction of sp³-hybridized carbons (Fsp3) is 0.0714. The molecule has 0 heterocycles. The molecular formula is C14H13O6P. The number of hydrogen-bond donors (Lipinski definition) is 2. The summed E-state index contributed by atoms with van der Waals surface area (Å²) in [6.07, 6.45) is 0. The first-order valence-electron chi connectivity index (χ1n) is 6.00. The molecule has 0 aliphatic rings. The summed E-state index contributed by atoms with van der Waals surface area (Å²) in [4.78, 5) is 28.7. The van der Waals surface area contributed by atoms with E-state index in [1.165, 1.54) is 12.1 Å². The number of phosphoric acid groups is 1. The maximum Gasteiger partial charge on any atom is 0.470 e. The molecule has 0 amide bonds. The molecule has 0 aliphatic heterocycles. The third-order valence-electron chi connectivity index (χ3n) is 2.52. The van der Waals surface area contributed by atoms with Crippen molar-refractivity contribution in [1.29, 1.82) is 0 Å². The standard InChI is InChI=1S/C14H13O6P/c15-14(10-19-21(16,17)18)11-6-8-13(9-7-11)20-12-4-2-1-3-5-12/h1-9H,10H2,(H2,16,17,18). The Morgan fingerprint density at radius 1 is 0.952 bits per heavy atom. The van der Waals surface area contributed by atoms with Crippen LogP contribution >= 0.6 is 7.82 Å². The van der Waals surface area contributed by atoms with Crippen LogP contribution in [0, 0.1) is 0 Å². The van der Waals surface area contributed by atoms with Crippen LogP contribution in [0.2, 0.25) is 0 Å². The van der Waals surface area contributed by atoms with Gasteiger partial charge in [0, 0.05) is 5.56 Å². The lowest BCUT2D eigenvalue weighted by atomic mass is 10.1. The van der Waals surface area contributed by atoms with E-state index in [4.69, 9.17) is 14.5 Å². The minimum Gasteiger partial charge on any atom is -0.457 e. The van der Waals surface area contributed by atoms with E-state index >= 15 is 0 Å².